The van der Waals surface area contributed by atoms with Crippen LogP contribution in [0.15, 0.2) is 49.3 Å². The predicted octanol–water partition coefficient (Wildman–Crippen LogP) is 5.82. The van der Waals surface area contributed by atoms with E-state index < -0.39 is 6.03 Å². The molecule has 40 heavy (non-hydrogen) atoms. The number of nitrogens with one attached hydrogen (secondary N) is 3. The molecular weight excluding hydrogens is 559 g/mol. The molecule has 1 atom stereocenters. The van der Waals surface area contributed by atoms with Gasteiger partial charge >= 0.3 is 6.03 Å². The maximum absolute atomic E-state index is 13.1. The standard InChI is InChI=1S/C27H30Cl2N6O5/c1-6-23(37)33-18-11-16(15(2)9-10-36)7-8-17(18)32-21-13-22(31-14-30-21)35(3)27(38)34-26-24(28)19(39-4)12-20(40-5)25(26)29/h6-8,11-15,36H,1,9-10H2,2-5H3,(H,33,37)(H,34,38)(H,30,31,32). The highest BCUT2D eigenvalue weighted by Crippen LogP contribution is 2.44. The number of methoxy groups -OCH3 is 2. The largest absolute Gasteiger partial charge is 0.495 e. The van der Waals surface area contributed by atoms with E-state index in [4.69, 9.17) is 32.7 Å². The van der Waals surface area contributed by atoms with Gasteiger partial charge in [-0.1, -0.05) is 42.8 Å². The van der Waals surface area contributed by atoms with Gasteiger partial charge in [0.05, 0.1) is 31.3 Å². The smallest absolute Gasteiger partial charge is 0.327 e. The van der Waals surface area contributed by atoms with Crippen LogP contribution in [0.25, 0.3) is 0 Å². The van der Waals surface area contributed by atoms with E-state index >= 15 is 0 Å². The van der Waals surface area contributed by atoms with E-state index in [1.165, 1.54) is 44.6 Å². The van der Waals surface area contributed by atoms with Crippen molar-refractivity contribution in [1.82, 2.24) is 9.97 Å². The Bertz CT molecular complexity index is 1380. The van der Waals surface area contributed by atoms with Crippen LogP contribution in [0.5, 0.6) is 11.5 Å². The molecule has 3 rings (SSSR count). The lowest BCUT2D eigenvalue weighted by Gasteiger charge is -2.20. The predicted molar refractivity (Wildman–Crippen MR) is 158 cm³/mol. The molecule has 4 N–H and O–H groups in total. The molecule has 0 aliphatic carbocycles. The summed E-state index contributed by atoms with van der Waals surface area (Å²) in [6.45, 7) is 5.53. The number of urea groups is 1. The van der Waals surface area contributed by atoms with Crippen molar-refractivity contribution in [2.75, 3.05) is 48.7 Å². The Morgan fingerprint density at radius 1 is 1.07 bits per heavy atom. The van der Waals surface area contributed by atoms with Crippen LogP contribution in [0, 0.1) is 0 Å². The lowest BCUT2D eigenvalue weighted by atomic mass is 9.97. The lowest BCUT2D eigenvalue weighted by Crippen LogP contribution is -2.32. The second kappa shape index (κ2) is 13.8. The highest BCUT2D eigenvalue weighted by Gasteiger charge is 2.22. The van der Waals surface area contributed by atoms with Gasteiger partial charge in [0.1, 0.15) is 39.5 Å². The van der Waals surface area contributed by atoms with Crippen LogP contribution < -0.4 is 30.3 Å². The van der Waals surface area contributed by atoms with Crippen molar-refractivity contribution in [2.24, 2.45) is 0 Å². The first kappa shape index (κ1) is 30.5. The number of carbonyl (C=O) groups is 2. The Morgan fingerprint density at radius 3 is 2.35 bits per heavy atom. The summed E-state index contributed by atoms with van der Waals surface area (Å²) in [5.74, 6) is 0.830. The number of ether oxygens (including phenoxy) is 2. The van der Waals surface area contributed by atoms with Crippen LogP contribution in [-0.2, 0) is 4.79 Å². The van der Waals surface area contributed by atoms with Gasteiger partial charge in [-0.2, -0.15) is 0 Å². The van der Waals surface area contributed by atoms with Gasteiger partial charge in [0, 0.05) is 25.8 Å². The number of aliphatic hydroxyl groups is 1. The fourth-order valence-corrected chi connectivity index (χ4v) is 4.25. The second-order valence-electron chi connectivity index (χ2n) is 8.57. The summed E-state index contributed by atoms with van der Waals surface area (Å²) < 4.78 is 10.5. The topological polar surface area (TPSA) is 138 Å². The van der Waals surface area contributed by atoms with Crippen LogP contribution in [-0.4, -0.2) is 54.9 Å². The molecule has 13 heteroatoms. The average molecular weight is 589 g/mol. The van der Waals surface area contributed by atoms with Gasteiger partial charge in [-0.3, -0.25) is 9.69 Å². The Hall–Kier alpha value is -4.06. The minimum Gasteiger partial charge on any atom is -0.495 e. The third kappa shape index (κ3) is 7.12. The molecule has 0 spiro atoms. The van der Waals surface area contributed by atoms with E-state index in [0.29, 0.717) is 23.6 Å². The van der Waals surface area contributed by atoms with E-state index in [1.54, 1.807) is 12.1 Å². The second-order valence-corrected chi connectivity index (χ2v) is 9.33. The van der Waals surface area contributed by atoms with Crippen molar-refractivity contribution < 1.29 is 24.2 Å². The van der Waals surface area contributed by atoms with E-state index in [0.717, 1.165) is 5.56 Å². The molecule has 1 heterocycles. The highest BCUT2D eigenvalue weighted by molar-refractivity contribution is 6.41. The Morgan fingerprint density at radius 2 is 1.75 bits per heavy atom. The number of carbonyl (C=O) groups excluding carboxylic acids is 2. The molecule has 0 fully saturated rings. The van der Waals surface area contributed by atoms with Gasteiger partial charge in [-0.05, 0) is 36.1 Å². The quantitative estimate of drug-likeness (QED) is 0.205. The zero-order valence-corrected chi connectivity index (χ0v) is 23.9. The minimum atomic E-state index is -0.593. The summed E-state index contributed by atoms with van der Waals surface area (Å²) >= 11 is 12.8. The van der Waals surface area contributed by atoms with Crippen LogP contribution in [0.3, 0.4) is 0 Å². The number of amides is 3. The Kier molecular flexibility index (Phi) is 10.5. The van der Waals surface area contributed by atoms with Gasteiger partial charge < -0.3 is 30.5 Å². The lowest BCUT2D eigenvalue weighted by molar-refractivity contribution is -0.111. The van der Waals surface area contributed by atoms with Gasteiger partial charge in [-0.25, -0.2) is 14.8 Å². The molecular formula is C27H30Cl2N6O5. The highest BCUT2D eigenvalue weighted by atomic mass is 35.5. The summed E-state index contributed by atoms with van der Waals surface area (Å²) in [5, 5.41) is 18.1. The number of benzene rings is 2. The van der Waals surface area contributed by atoms with Crippen LogP contribution in [0.2, 0.25) is 10.0 Å². The van der Waals surface area contributed by atoms with Crippen LogP contribution in [0.1, 0.15) is 24.8 Å². The average Bonchev–Trinajstić information content (AvgIpc) is 2.96. The van der Waals surface area contributed by atoms with E-state index in [-0.39, 0.29) is 51.5 Å². The van der Waals surface area contributed by atoms with Crippen molar-refractivity contribution >= 4 is 63.8 Å². The number of hydrogen-bond donors (Lipinski definition) is 4. The molecule has 212 valence electrons. The monoisotopic (exact) mass is 588 g/mol. The first-order valence-corrected chi connectivity index (χ1v) is 12.8. The van der Waals surface area contributed by atoms with Gasteiger partial charge in [0.2, 0.25) is 5.91 Å². The maximum Gasteiger partial charge on any atom is 0.327 e. The molecule has 2 aromatic carbocycles. The number of aromatic nitrogens is 2. The minimum absolute atomic E-state index is 0.0457. The van der Waals surface area contributed by atoms with Gasteiger partial charge in [-0.15, -0.1) is 0 Å². The van der Waals surface area contributed by atoms with Crippen molar-refractivity contribution in [2.45, 2.75) is 19.3 Å². The SMILES string of the molecule is C=CC(=O)Nc1cc(C(C)CCO)ccc1Nc1cc(N(C)C(=O)Nc2c(Cl)c(OC)cc(OC)c2Cl)ncn1. The molecule has 0 saturated heterocycles. The van der Waals surface area contributed by atoms with E-state index in [9.17, 15) is 14.7 Å². The number of hydrogen-bond acceptors (Lipinski definition) is 8. The third-order valence-electron chi connectivity index (χ3n) is 5.99. The number of aliphatic hydroxyl groups excluding tert-OH is 1. The van der Waals surface area contributed by atoms with Crippen LogP contribution >= 0.6 is 23.2 Å². The fourth-order valence-electron chi connectivity index (χ4n) is 3.65. The number of nitrogens with zero attached hydrogens (tertiary/aromatic N) is 3. The summed E-state index contributed by atoms with van der Waals surface area (Å²) in [7, 11) is 4.37. The van der Waals surface area contributed by atoms with E-state index in [1.807, 2.05) is 19.1 Å². The first-order chi connectivity index (χ1) is 19.1. The van der Waals surface area contributed by atoms with Crippen molar-refractivity contribution in [3.05, 3.63) is 64.9 Å². The summed E-state index contributed by atoms with van der Waals surface area (Å²) in [4.78, 5) is 34.9. The Labute approximate surface area is 242 Å². The first-order valence-electron chi connectivity index (χ1n) is 12.0. The maximum atomic E-state index is 13.1. The van der Waals surface area contributed by atoms with Crippen molar-refractivity contribution in [1.29, 1.82) is 0 Å². The summed E-state index contributed by atoms with van der Waals surface area (Å²) in [5.41, 5.74) is 2.09. The molecule has 11 nitrogen and oxygen atoms in total. The van der Waals surface area contributed by atoms with Gasteiger partial charge in [0.15, 0.2) is 0 Å². The van der Waals surface area contributed by atoms with Crippen LogP contribution in [0.4, 0.5) is 33.5 Å². The van der Waals surface area contributed by atoms with Crippen molar-refractivity contribution in [3.63, 3.8) is 0 Å². The molecule has 0 saturated carbocycles. The molecule has 0 bridgehead atoms. The molecule has 1 aromatic heterocycles. The summed E-state index contributed by atoms with van der Waals surface area (Å²) in [6.07, 6.45) is 3.03. The molecule has 0 aliphatic heterocycles. The number of anilines is 5. The zero-order chi connectivity index (χ0) is 29.4. The molecule has 0 radical (unpaired) electrons. The molecule has 1 unspecified atom stereocenters. The number of rotatable bonds is 11. The number of halogens is 2. The third-order valence-corrected chi connectivity index (χ3v) is 6.74. The molecule has 0 aliphatic rings. The fraction of sp³-hybridized carbons (Fsp3) is 0.259. The molecule has 3 amide bonds. The normalized spacial score (nSPS) is 11.3. The van der Waals surface area contributed by atoms with Gasteiger partial charge in [0.25, 0.3) is 0 Å². The molecule has 3 aromatic rings. The van der Waals surface area contributed by atoms with Crippen molar-refractivity contribution in [3.8, 4) is 11.5 Å². The zero-order valence-electron chi connectivity index (χ0n) is 22.4. The summed E-state index contributed by atoms with van der Waals surface area (Å²) in [6, 6.07) is 7.98. The van der Waals surface area contributed by atoms with E-state index in [2.05, 4.69) is 32.5 Å². The Balaban J connectivity index is 1.87.